The molecule has 2 aromatic rings. The van der Waals surface area contributed by atoms with Gasteiger partial charge >= 0.3 is 0 Å². The summed E-state index contributed by atoms with van der Waals surface area (Å²) in [6.45, 7) is 5.21. The van der Waals surface area contributed by atoms with Crippen molar-refractivity contribution in [1.82, 2.24) is 0 Å². The zero-order chi connectivity index (χ0) is 17.4. The van der Waals surface area contributed by atoms with Gasteiger partial charge < -0.3 is 9.84 Å². The highest BCUT2D eigenvalue weighted by Gasteiger charge is 2.23. The highest BCUT2D eigenvalue weighted by molar-refractivity contribution is 7.92. The van der Waals surface area contributed by atoms with Crippen LogP contribution in [0.3, 0.4) is 0 Å². The lowest BCUT2D eigenvalue weighted by molar-refractivity contribution is 0.410. The molecule has 0 unspecified atom stereocenters. The van der Waals surface area contributed by atoms with Gasteiger partial charge in [-0.1, -0.05) is 11.6 Å². The fourth-order valence-electron chi connectivity index (χ4n) is 2.43. The number of benzene rings is 2. The number of anilines is 1. The molecule has 2 rings (SSSR count). The summed E-state index contributed by atoms with van der Waals surface area (Å²) < 4.78 is 33.1. The van der Waals surface area contributed by atoms with E-state index in [4.69, 9.17) is 16.3 Å². The lowest BCUT2D eigenvalue weighted by Gasteiger charge is -2.17. The third-order valence-electron chi connectivity index (χ3n) is 3.67. The van der Waals surface area contributed by atoms with E-state index in [9.17, 15) is 13.5 Å². The number of nitrogens with one attached hydrogen (secondary N) is 1. The Kier molecular flexibility index (Phi) is 4.77. The van der Waals surface area contributed by atoms with Crippen LogP contribution in [0, 0.1) is 20.8 Å². The van der Waals surface area contributed by atoms with Crippen molar-refractivity contribution in [3.8, 4) is 11.5 Å². The number of aryl methyl sites for hydroxylation is 1. The van der Waals surface area contributed by atoms with Gasteiger partial charge in [-0.25, -0.2) is 8.42 Å². The number of methoxy groups -OCH3 is 1. The first-order chi connectivity index (χ1) is 10.7. The molecule has 23 heavy (non-hydrogen) atoms. The third-order valence-corrected chi connectivity index (χ3v) is 5.56. The van der Waals surface area contributed by atoms with E-state index in [1.807, 2.05) is 0 Å². The quantitative estimate of drug-likeness (QED) is 0.818. The molecule has 0 atom stereocenters. The Balaban J connectivity index is 2.57. The van der Waals surface area contributed by atoms with Gasteiger partial charge in [0, 0.05) is 5.02 Å². The highest BCUT2D eigenvalue weighted by atomic mass is 35.5. The van der Waals surface area contributed by atoms with Gasteiger partial charge in [-0.05, 0) is 61.7 Å². The SMILES string of the molecule is COc1cc(C)c(S(=O)(=O)Nc2cc(Cl)ccc2O)c(C)c1C. The summed E-state index contributed by atoms with van der Waals surface area (Å²) in [6, 6.07) is 5.84. The van der Waals surface area contributed by atoms with Gasteiger partial charge in [0.25, 0.3) is 10.0 Å². The largest absolute Gasteiger partial charge is 0.506 e. The normalized spacial score (nSPS) is 11.3. The monoisotopic (exact) mass is 355 g/mol. The van der Waals surface area contributed by atoms with Gasteiger partial charge in [-0.15, -0.1) is 0 Å². The molecule has 0 heterocycles. The first-order valence-electron chi connectivity index (χ1n) is 6.83. The van der Waals surface area contributed by atoms with Crippen LogP contribution in [-0.2, 0) is 10.0 Å². The lowest BCUT2D eigenvalue weighted by atomic mass is 10.1. The first-order valence-corrected chi connectivity index (χ1v) is 8.69. The van der Waals surface area contributed by atoms with Crippen LogP contribution < -0.4 is 9.46 Å². The van der Waals surface area contributed by atoms with E-state index < -0.39 is 10.0 Å². The summed E-state index contributed by atoms with van der Waals surface area (Å²) in [5.41, 5.74) is 1.92. The zero-order valence-electron chi connectivity index (χ0n) is 13.3. The molecule has 0 fully saturated rings. The van der Waals surface area contributed by atoms with Crippen molar-refractivity contribution >= 4 is 27.3 Å². The van der Waals surface area contributed by atoms with Crippen molar-refractivity contribution in [2.24, 2.45) is 0 Å². The molecule has 0 radical (unpaired) electrons. The van der Waals surface area contributed by atoms with Crippen LogP contribution in [0.25, 0.3) is 0 Å². The van der Waals surface area contributed by atoms with E-state index in [1.54, 1.807) is 26.8 Å². The summed E-state index contributed by atoms with van der Waals surface area (Å²) in [6.07, 6.45) is 0. The molecule has 0 aliphatic rings. The van der Waals surface area contributed by atoms with Crippen molar-refractivity contribution in [1.29, 1.82) is 0 Å². The average Bonchev–Trinajstić information content (AvgIpc) is 2.46. The van der Waals surface area contributed by atoms with Crippen LogP contribution in [-0.4, -0.2) is 20.6 Å². The van der Waals surface area contributed by atoms with E-state index in [0.717, 1.165) is 5.56 Å². The van der Waals surface area contributed by atoms with E-state index in [-0.39, 0.29) is 16.3 Å². The summed E-state index contributed by atoms with van der Waals surface area (Å²) in [5, 5.41) is 10.1. The van der Waals surface area contributed by atoms with Gasteiger partial charge in [-0.2, -0.15) is 0 Å². The van der Waals surface area contributed by atoms with E-state index in [2.05, 4.69) is 4.72 Å². The molecule has 124 valence electrons. The van der Waals surface area contributed by atoms with Gasteiger partial charge in [-0.3, -0.25) is 4.72 Å². The molecular weight excluding hydrogens is 338 g/mol. The van der Waals surface area contributed by atoms with Crippen molar-refractivity contribution in [2.45, 2.75) is 25.7 Å². The average molecular weight is 356 g/mol. The molecule has 0 saturated carbocycles. The number of ether oxygens (including phenoxy) is 1. The van der Waals surface area contributed by atoms with E-state index in [1.165, 1.54) is 25.3 Å². The second kappa shape index (κ2) is 6.29. The van der Waals surface area contributed by atoms with Crippen LogP contribution in [0.5, 0.6) is 11.5 Å². The minimum Gasteiger partial charge on any atom is -0.506 e. The number of rotatable bonds is 4. The Morgan fingerprint density at radius 3 is 2.39 bits per heavy atom. The Labute approximate surface area is 140 Å². The number of hydrogen-bond donors (Lipinski definition) is 2. The van der Waals surface area contributed by atoms with Crippen LogP contribution in [0.2, 0.25) is 5.02 Å². The minimum atomic E-state index is -3.89. The number of halogens is 1. The zero-order valence-corrected chi connectivity index (χ0v) is 14.8. The van der Waals surface area contributed by atoms with E-state index in [0.29, 0.717) is 21.9 Å². The fourth-order valence-corrected chi connectivity index (χ4v) is 4.20. The highest BCUT2D eigenvalue weighted by Crippen LogP contribution is 2.33. The number of phenolic OH excluding ortho intramolecular Hbond substituents is 1. The predicted octanol–water partition coefficient (Wildman–Crippen LogP) is 3.78. The van der Waals surface area contributed by atoms with Crippen molar-refractivity contribution in [3.05, 3.63) is 46.0 Å². The summed E-state index contributed by atoms with van der Waals surface area (Å²) in [5.74, 6) is 0.433. The summed E-state index contributed by atoms with van der Waals surface area (Å²) in [4.78, 5) is 0.162. The molecule has 7 heteroatoms. The molecule has 2 N–H and O–H groups in total. The molecule has 0 amide bonds. The van der Waals surface area contributed by atoms with Gasteiger partial charge in [0.1, 0.15) is 11.5 Å². The molecule has 0 aromatic heterocycles. The maximum atomic E-state index is 12.8. The second-order valence-corrected chi connectivity index (χ2v) is 7.30. The number of sulfonamides is 1. The molecule has 0 spiro atoms. The van der Waals surface area contributed by atoms with Crippen molar-refractivity contribution in [3.63, 3.8) is 0 Å². The molecule has 0 saturated heterocycles. The Morgan fingerprint density at radius 2 is 1.78 bits per heavy atom. The molecule has 0 aliphatic carbocycles. The Hall–Kier alpha value is -1.92. The molecule has 0 aliphatic heterocycles. The van der Waals surface area contributed by atoms with Crippen LogP contribution >= 0.6 is 11.6 Å². The van der Waals surface area contributed by atoms with Gasteiger partial charge in [0.05, 0.1) is 17.7 Å². The fraction of sp³-hybridized carbons (Fsp3) is 0.250. The van der Waals surface area contributed by atoms with Crippen LogP contribution in [0.15, 0.2) is 29.2 Å². The Bertz CT molecular complexity index is 863. The van der Waals surface area contributed by atoms with Crippen molar-refractivity contribution in [2.75, 3.05) is 11.8 Å². The summed E-state index contributed by atoms with van der Waals surface area (Å²) >= 11 is 5.86. The molecule has 5 nitrogen and oxygen atoms in total. The molecule has 0 bridgehead atoms. The second-order valence-electron chi connectivity index (χ2n) is 5.24. The number of aromatic hydroxyl groups is 1. The van der Waals surface area contributed by atoms with E-state index >= 15 is 0 Å². The standard InChI is InChI=1S/C16H18ClNO4S/c1-9-7-15(22-4)10(2)11(3)16(9)23(20,21)18-13-8-12(17)5-6-14(13)19/h5-8,18-19H,1-4H3. The Morgan fingerprint density at radius 1 is 1.13 bits per heavy atom. The van der Waals surface area contributed by atoms with Crippen LogP contribution in [0.4, 0.5) is 5.69 Å². The minimum absolute atomic E-state index is 0.0322. The molecule has 2 aromatic carbocycles. The lowest BCUT2D eigenvalue weighted by Crippen LogP contribution is -2.16. The maximum absolute atomic E-state index is 12.8. The number of hydrogen-bond acceptors (Lipinski definition) is 4. The van der Waals surface area contributed by atoms with Crippen LogP contribution in [0.1, 0.15) is 16.7 Å². The third kappa shape index (κ3) is 3.38. The topological polar surface area (TPSA) is 75.6 Å². The van der Waals surface area contributed by atoms with Gasteiger partial charge in [0.2, 0.25) is 0 Å². The molecular formula is C16H18ClNO4S. The maximum Gasteiger partial charge on any atom is 0.262 e. The predicted molar refractivity (Wildman–Crippen MR) is 91.1 cm³/mol. The smallest absolute Gasteiger partial charge is 0.262 e. The van der Waals surface area contributed by atoms with Gasteiger partial charge in [0.15, 0.2) is 0 Å². The van der Waals surface area contributed by atoms with Crippen molar-refractivity contribution < 1.29 is 18.3 Å². The number of phenols is 1. The first kappa shape index (κ1) is 17.4. The summed E-state index contributed by atoms with van der Waals surface area (Å²) in [7, 11) is -2.35.